The Hall–Kier alpha value is -1.61. The molecular formula is C19H30N4O4S. The van der Waals surface area contributed by atoms with E-state index in [2.05, 4.69) is 22.8 Å². The van der Waals surface area contributed by atoms with E-state index in [1.165, 1.54) is 11.8 Å². The normalized spacial score (nSPS) is 26.4. The Bertz CT molecular complexity index is 629. The zero-order valence-corrected chi connectivity index (χ0v) is 17.4. The number of carbonyl (C=O) groups excluding carboxylic acids is 3. The van der Waals surface area contributed by atoms with E-state index in [0.29, 0.717) is 37.3 Å². The summed E-state index contributed by atoms with van der Waals surface area (Å²) in [6.45, 7) is 3.15. The number of hydrazone groups is 1. The third-order valence-corrected chi connectivity index (χ3v) is 7.22. The lowest BCUT2D eigenvalue weighted by molar-refractivity contribution is -0.142. The summed E-state index contributed by atoms with van der Waals surface area (Å²) in [5, 5.41) is 7.68. The van der Waals surface area contributed by atoms with Gasteiger partial charge in [-0.25, -0.2) is 5.43 Å². The quantitative estimate of drug-likeness (QED) is 0.503. The first-order chi connectivity index (χ1) is 13.5. The number of hydrogen-bond donors (Lipinski definition) is 2. The van der Waals surface area contributed by atoms with Crippen LogP contribution in [0.5, 0.6) is 0 Å². The number of ether oxygens (including phenoxy) is 1. The van der Waals surface area contributed by atoms with Gasteiger partial charge >= 0.3 is 5.91 Å². The molecule has 0 bridgehead atoms. The van der Waals surface area contributed by atoms with Crippen LogP contribution in [0.25, 0.3) is 0 Å². The first kappa shape index (κ1) is 21.1. The number of Topliss-reactive ketones (excluding diaryl/α,β-unsaturated/α-hetero) is 1. The molecule has 8 nitrogen and oxygen atoms in total. The number of thioether (sulfide) groups is 1. The minimum atomic E-state index is -0.815. The highest BCUT2D eigenvalue weighted by Crippen LogP contribution is 2.26. The Kier molecular flexibility index (Phi) is 7.34. The number of carbonyl (C=O) groups is 3. The van der Waals surface area contributed by atoms with E-state index in [1.54, 1.807) is 0 Å². The van der Waals surface area contributed by atoms with Crippen molar-refractivity contribution >= 4 is 34.5 Å². The van der Waals surface area contributed by atoms with Crippen molar-refractivity contribution in [2.45, 2.75) is 57.5 Å². The van der Waals surface area contributed by atoms with Crippen LogP contribution in [0.1, 0.15) is 45.4 Å². The number of amidine groups is 1. The van der Waals surface area contributed by atoms with Crippen LogP contribution in [-0.4, -0.2) is 65.8 Å². The highest BCUT2D eigenvalue weighted by Gasteiger charge is 2.37. The second kappa shape index (κ2) is 9.73. The molecule has 3 fully saturated rings. The smallest absolute Gasteiger partial charge is 0.309 e. The lowest BCUT2D eigenvalue weighted by Gasteiger charge is -2.30. The van der Waals surface area contributed by atoms with Crippen molar-refractivity contribution in [1.29, 1.82) is 0 Å². The first-order valence-electron chi connectivity index (χ1n) is 10.1. The molecule has 1 aliphatic carbocycles. The fourth-order valence-electron chi connectivity index (χ4n) is 3.91. The summed E-state index contributed by atoms with van der Waals surface area (Å²) in [6.07, 6.45) is 5.08. The molecule has 2 atom stereocenters. The van der Waals surface area contributed by atoms with Gasteiger partial charge in [0.2, 0.25) is 11.7 Å². The fraction of sp³-hybridized carbons (Fsp3) is 0.789. The van der Waals surface area contributed by atoms with Gasteiger partial charge in [0.25, 0.3) is 0 Å². The van der Waals surface area contributed by atoms with Crippen molar-refractivity contribution in [3.63, 3.8) is 0 Å². The molecule has 28 heavy (non-hydrogen) atoms. The van der Waals surface area contributed by atoms with Crippen LogP contribution in [0.15, 0.2) is 5.10 Å². The van der Waals surface area contributed by atoms with Crippen LogP contribution in [0.4, 0.5) is 0 Å². The zero-order chi connectivity index (χ0) is 20.1. The van der Waals surface area contributed by atoms with Crippen LogP contribution in [-0.2, 0) is 19.1 Å². The lowest BCUT2D eigenvalue weighted by Crippen LogP contribution is -2.53. The van der Waals surface area contributed by atoms with Crippen LogP contribution in [0.3, 0.4) is 0 Å². The zero-order valence-electron chi connectivity index (χ0n) is 16.6. The van der Waals surface area contributed by atoms with E-state index < -0.39 is 17.7 Å². The summed E-state index contributed by atoms with van der Waals surface area (Å²) in [5.41, 5.74) is 2.39. The van der Waals surface area contributed by atoms with E-state index in [9.17, 15) is 14.4 Å². The topological polar surface area (TPSA) is 100 Å². The van der Waals surface area contributed by atoms with Crippen molar-refractivity contribution in [3.05, 3.63) is 0 Å². The molecule has 3 aliphatic rings. The number of ketones is 1. The Balaban J connectivity index is 1.65. The molecule has 0 aromatic carbocycles. The van der Waals surface area contributed by atoms with Crippen molar-refractivity contribution in [3.8, 4) is 0 Å². The minimum absolute atomic E-state index is 0.0523. The van der Waals surface area contributed by atoms with Crippen LogP contribution in [0.2, 0.25) is 0 Å². The average Bonchev–Trinajstić information content (AvgIpc) is 3.36. The van der Waals surface area contributed by atoms with Gasteiger partial charge in [-0.3, -0.25) is 14.4 Å². The van der Waals surface area contributed by atoms with Gasteiger partial charge in [-0.15, -0.1) is 5.10 Å². The first-order valence-corrected chi connectivity index (χ1v) is 11.1. The number of hydrogen-bond acceptors (Lipinski definition) is 6. The predicted molar refractivity (Wildman–Crippen MR) is 108 cm³/mol. The minimum Gasteiger partial charge on any atom is -0.381 e. The van der Waals surface area contributed by atoms with Gasteiger partial charge < -0.3 is 15.0 Å². The highest BCUT2D eigenvalue weighted by molar-refractivity contribution is 8.14. The lowest BCUT2D eigenvalue weighted by atomic mass is 9.88. The summed E-state index contributed by atoms with van der Waals surface area (Å²) in [4.78, 5) is 40.0. The maximum Gasteiger partial charge on any atom is 0.309 e. The van der Waals surface area contributed by atoms with Crippen molar-refractivity contribution in [2.75, 3.05) is 26.0 Å². The predicted octanol–water partition coefficient (Wildman–Crippen LogP) is 1.11. The molecule has 9 heteroatoms. The summed E-state index contributed by atoms with van der Waals surface area (Å²) in [5.74, 6) is -0.759. The van der Waals surface area contributed by atoms with Gasteiger partial charge in [0.1, 0.15) is 6.04 Å². The van der Waals surface area contributed by atoms with E-state index in [0.717, 1.165) is 31.4 Å². The van der Waals surface area contributed by atoms with Crippen molar-refractivity contribution in [1.82, 2.24) is 15.6 Å². The molecule has 0 aromatic rings. The molecule has 1 saturated carbocycles. The van der Waals surface area contributed by atoms with Crippen LogP contribution < -0.4 is 10.7 Å². The highest BCUT2D eigenvalue weighted by atomic mass is 32.2. The van der Waals surface area contributed by atoms with Gasteiger partial charge in [-0.05, 0) is 38.5 Å². The second-order valence-corrected chi connectivity index (χ2v) is 8.88. The molecule has 2 heterocycles. The molecule has 2 aliphatic heterocycles. The van der Waals surface area contributed by atoms with E-state index >= 15 is 0 Å². The summed E-state index contributed by atoms with van der Waals surface area (Å²) in [7, 11) is 1.91. The molecule has 0 aromatic heterocycles. The van der Waals surface area contributed by atoms with Crippen LogP contribution in [0, 0.1) is 11.8 Å². The largest absolute Gasteiger partial charge is 0.381 e. The number of amides is 2. The van der Waals surface area contributed by atoms with Crippen molar-refractivity contribution in [2.24, 2.45) is 16.9 Å². The summed E-state index contributed by atoms with van der Waals surface area (Å²) < 4.78 is 5.38. The van der Waals surface area contributed by atoms with Gasteiger partial charge in [0.05, 0.1) is 0 Å². The summed E-state index contributed by atoms with van der Waals surface area (Å²) in [6, 6.07) is -0.484. The molecule has 3 rings (SSSR count). The van der Waals surface area contributed by atoms with E-state index in [4.69, 9.17) is 4.74 Å². The average molecular weight is 411 g/mol. The molecule has 2 saturated heterocycles. The molecule has 2 N–H and O–H groups in total. The van der Waals surface area contributed by atoms with Gasteiger partial charge in [-0.2, -0.15) is 0 Å². The Morgan fingerprint density at radius 2 is 1.86 bits per heavy atom. The van der Waals surface area contributed by atoms with E-state index in [1.807, 2.05) is 11.9 Å². The maximum absolute atomic E-state index is 12.9. The number of nitrogens with one attached hydrogen (secondary N) is 2. The molecule has 2 amide bonds. The monoisotopic (exact) mass is 410 g/mol. The Labute approximate surface area is 170 Å². The van der Waals surface area contributed by atoms with Gasteiger partial charge in [0, 0.05) is 38.0 Å². The summed E-state index contributed by atoms with van der Waals surface area (Å²) >= 11 is 1.54. The molecule has 0 spiro atoms. The third kappa shape index (κ3) is 5.05. The molecule has 156 valence electrons. The Morgan fingerprint density at radius 3 is 2.46 bits per heavy atom. The Morgan fingerprint density at radius 1 is 1.18 bits per heavy atom. The molecule has 0 radical (unpaired) electrons. The fourth-order valence-corrected chi connectivity index (χ4v) is 5.02. The maximum atomic E-state index is 12.9. The number of nitrogens with zero attached hydrogens (tertiary/aromatic N) is 2. The SMILES string of the molecule is C[C@H]1CS/C(=N\NC(=O)C(=O)[C@@H](NC(=O)C2CCCC2)C2CCOCC2)N1C. The van der Waals surface area contributed by atoms with Gasteiger partial charge in [-0.1, -0.05) is 24.6 Å². The second-order valence-electron chi connectivity index (χ2n) is 7.89. The third-order valence-electron chi connectivity index (χ3n) is 5.94. The molecular weight excluding hydrogens is 380 g/mol. The van der Waals surface area contributed by atoms with Crippen LogP contribution >= 0.6 is 11.8 Å². The van der Waals surface area contributed by atoms with E-state index in [-0.39, 0.29) is 17.7 Å². The standard InChI is InChI=1S/C19H30N4O4S/c1-12-11-28-19(23(12)2)22-21-18(26)16(24)15(13-7-9-27-10-8-13)20-17(25)14-5-3-4-6-14/h12-15H,3-11H2,1-2H3,(H,20,25)(H,21,26)/b22-19-/t12-,15-/m0/s1. The number of rotatable bonds is 6. The van der Waals surface area contributed by atoms with Gasteiger partial charge in [0.15, 0.2) is 5.17 Å². The van der Waals surface area contributed by atoms with Crippen molar-refractivity contribution < 1.29 is 19.1 Å². The molecule has 0 unspecified atom stereocenters.